The van der Waals surface area contributed by atoms with Crippen LogP contribution in [-0.4, -0.2) is 50.6 Å². The molecule has 1 aromatic carbocycles. The minimum atomic E-state index is -0.137. The lowest BCUT2D eigenvalue weighted by molar-refractivity contribution is -0.131. The smallest absolute Gasteiger partial charge is 0.336 e. The molecule has 28 heavy (non-hydrogen) atoms. The Hall–Kier alpha value is -2.05. The molecule has 0 bridgehead atoms. The van der Waals surface area contributed by atoms with E-state index in [9.17, 15) is 9.59 Å². The summed E-state index contributed by atoms with van der Waals surface area (Å²) in [6.45, 7) is 3.61. The molecule has 2 aliphatic rings. The van der Waals surface area contributed by atoms with Crippen LogP contribution in [0.1, 0.15) is 25.3 Å². The van der Waals surface area contributed by atoms with Gasteiger partial charge in [0.2, 0.25) is 5.91 Å². The Bertz CT molecular complexity index is 869. The zero-order valence-electron chi connectivity index (χ0n) is 15.6. The lowest BCUT2D eigenvalue weighted by Gasteiger charge is -2.29. The lowest BCUT2D eigenvalue weighted by atomic mass is 10.0. The minimum absolute atomic E-state index is 0.0824. The second-order valence-electron chi connectivity index (χ2n) is 7.71. The summed E-state index contributed by atoms with van der Waals surface area (Å²) < 4.78 is 1.29. The number of fused-ring (bicyclic) bond motifs is 1. The molecule has 2 aromatic rings. The maximum absolute atomic E-state index is 12.6. The maximum Gasteiger partial charge on any atom is 0.344 e. The number of nitrogens with zero attached hydrogens (tertiary/aromatic N) is 4. The average molecular weight is 421 g/mol. The standard InChI is InChI=1S/C20H22Cl2N4O2/c1-13(27)25(9-14-2-4-17(21)5-3-14)19-6-15-10-24(11-16(15)7-19)20(28)26-12-18(22)8-23-26/h2-5,8,12,15-16,19H,6-7,9-11H2,1H3. The van der Waals surface area contributed by atoms with Gasteiger partial charge in [0, 0.05) is 37.6 Å². The second-order valence-corrected chi connectivity index (χ2v) is 8.58. The molecule has 2 heterocycles. The number of likely N-dealkylation sites (tertiary alicyclic amines) is 1. The Morgan fingerprint density at radius 2 is 1.75 bits per heavy atom. The molecule has 8 heteroatoms. The van der Waals surface area contributed by atoms with Gasteiger partial charge in [0.15, 0.2) is 0 Å². The van der Waals surface area contributed by atoms with Crippen LogP contribution in [0.15, 0.2) is 36.7 Å². The molecule has 0 radical (unpaired) electrons. The monoisotopic (exact) mass is 420 g/mol. The van der Waals surface area contributed by atoms with Crippen LogP contribution in [0.4, 0.5) is 4.79 Å². The highest BCUT2D eigenvalue weighted by Gasteiger charge is 2.44. The molecular weight excluding hydrogens is 399 g/mol. The van der Waals surface area contributed by atoms with Crippen molar-refractivity contribution >= 4 is 35.1 Å². The van der Waals surface area contributed by atoms with Gasteiger partial charge in [-0.15, -0.1) is 0 Å². The van der Waals surface area contributed by atoms with Crippen LogP contribution in [0.2, 0.25) is 10.0 Å². The van der Waals surface area contributed by atoms with Crippen molar-refractivity contribution in [3.05, 3.63) is 52.3 Å². The highest BCUT2D eigenvalue weighted by molar-refractivity contribution is 6.30. The SMILES string of the molecule is CC(=O)N(Cc1ccc(Cl)cc1)C1CC2CN(C(=O)n3cc(Cl)cn3)CC2C1. The predicted octanol–water partition coefficient (Wildman–Crippen LogP) is 3.92. The first-order valence-corrected chi connectivity index (χ1v) is 10.2. The number of amides is 2. The van der Waals surface area contributed by atoms with Gasteiger partial charge >= 0.3 is 6.03 Å². The van der Waals surface area contributed by atoms with E-state index in [0.29, 0.717) is 41.5 Å². The van der Waals surface area contributed by atoms with Crippen molar-refractivity contribution in [1.29, 1.82) is 0 Å². The topological polar surface area (TPSA) is 58.4 Å². The van der Waals surface area contributed by atoms with Gasteiger partial charge in [-0.3, -0.25) is 4.79 Å². The lowest BCUT2D eigenvalue weighted by Crippen LogP contribution is -2.39. The molecule has 6 nitrogen and oxygen atoms in total. The number of carbonyl (C=O) groups is 2. The van der Waals surface area contributed by atoms with E-state index in [1.807, 2.05) is 34.1 Å². The van der Waals surface area contributed by atoms with Crippen LogP contribution in [0.25, 0.3) is 0 Å². The third-order valence-electron chi connectivity index (χ3n) is 5.86. The first-order chi connectivity index (χ1) is 13.4. The Balaban J connectivity index is 1.39. The van der Waals surface area contributed by atoms with Crippen molar-refractivity contribution in [3.63, 3.8) is 0 Å². The van der Waals surface area contributed by atoms with Crippen molar-refractivity contribution < 1.29 is 9.59 Å². The van der Waals surface area contributed by atoms with Gasteiger partial charge in [0.1, 0.15) is 0 Å². The Morgan fingerprint density at radius 3 is 2.29 bits per heavy atom. The third kappa shape index (κ3) is 3.89. The Kier molecular flexibility index (Phi) is 5.34. The molecule has 1 saturated heterocycles. The summed E-state index contributed by atoms with van der Waals surface area (Å²) in [6.07, 6.45) is 4.83. The normalized spacial score (nSPS) is 23.7. The second kappa shape index (κ2) is 7.76. The molecule has 0 spiro atoms. The van der Waals surface area contributed by atoms with Crippen LogP contribution >= 0.6 is 23.2 Å². The van der Waals surface area contributed by atoms with Gasteiger partial charge in [0.05, 0.1) is 17.4 Å². The van der Waals surface area contributed by atoms with Crippen molar-refractivity contribution in [2.45, 2.75) is 32.4 Å². The summed E-state index contributed by atoms with van der Waals surface area (Å²) in [5, 5.41) is 5.15. The molecule has 2 fully saturated rings. The Morgan fingerprint density at radius 1 is 1.11 bits per heavy atom. The van der Waals surface area contributed by atoms with Crippen molar-refractivity contribution in [3.8, 4) is 0 Å². The quantitative estimate of drug-likeness (QED) is 0.755. The number of aromatic nitrogens is 2. The predicted molar refractivity (Wildman–Crippen MR) is 107 cm³/mol. The van der Waals surface area contributed by atoms with E-state index in [0.717, 1.165) is 18.4 Å². The van der Waals surface area contributed by atoms with Gasteiger partial charge in [-0.05, 0) is 42.4 Å². The van der Waals surface area contributed by atoms with Crippen LogP contribution in [0.5, 0.6) is 0 Å². The molecule has 4 rings (SSSR count). The summed E-state index contributed by atoms with van der Waals surface area (Å²) in [5.74, 6) is 0.901. The molecule has 1 aliphatic heterocycles. The zero-order valence-corrected chi connectivity index (χ0v) is 17.1. The summed E-state index contributed by atoms with van der Waals surface area (Å²) in [4.78, 5) is 28.7. The van der Waals surface area contributed by atoms with E-state index in [2.05, 4.69) is 5.10 Å². The first-order valence-electron chi connectivity index (χ1n) is 9.42. The van der Waals surface area contributed by atoms with E-state index in [1.54, 1.807) is 6.92 Å². The fourth-order valence-electron chi connectivity index (χ4n) is 4.51. The van der Waals surface area contributed by atoms with Gasteiger partial charge in [0.25, 0.3) is 0 Å². The number of rotatable bonds is 3. The van der Waals surface area contributed by atoms with Crippen LogP contribution < -0.4 is 0 Å². The minimum Gasteiger partial charge on any atom is -0.336 e. The van der Waals surface area contributed by atoms with E-state index < -0.39 is 0 Å². The van der Waals surface area contributed by atoms with Gasteiger partial charge in [-0.1, -0.05) is 35.3 Å². The van der Waals surface area contributed by atoms with Crippen LogP contribution in [-0.2, 0) is 11.3 Å². The summed E-state index contributed by atoms with van der Waals surface area (Å²) in [6, 6.07) is 7.70. The van der Waals surface area contributed by atoms with E-state index in [4.69, 9.17) is 23.2 Å². The maximum atomic E-state index is 12.6. The molecule has 2 amide bonds. The van der Waals surface area contributed by atoms with Crippen LogP contribution in [0, 0.1) is 11.8 Å². The molecule has 1 saturated carbocycles. The Labute approximate surface area is 174 Å². The summed E-state index contributed by atoms with van der Waals surface area (Å²) in [7, 11) is 0. The number of halogens is 2. The number of hydrogen-bond acceptors (Lipinski definition) is 3. The first kappa shape index (κ1) is 19.3. The molecule has 148 valence electrons. The zero-order chi connectivity index (χ0) is 19.8. The largest absolute Gasteiger partial charge is 0.344 e. The van der Waals surface area contributed by atoms with Crippen molar-refractivity contribution in [2.75, 3.05) is 13.1 Å². The molecule has 0 N–H and O–H groups in total. The fraction of sp³-hybridized carbons (Fsp3) is 0.450. The molecular formula is C20H22Cl2N4O2. The average Bonchev–Trinajstić information content (AvgIpc) is 3.34. The van der Waals surface area contributed by atoms with E-state index >= 15 is 0 Å². The van der Waals surface area contributed by atoms with Gasteiger partial charge in [-0.25, -0.2) is 4.79 Å². The number of hydrogen-bond donors (Lipinski definition) is 0. The molecule has 1 aliphatic carbocycles. The molecule has 2 atom stereocenters. The highest BCUT2D eigenvalue weighted by Crippen LogP contribution is 2.41. The third-order valence-corrected chi connectivity index (χ3v) is 6.30. The van der Waals surface area contributed by atoms with Crippen LogP contribution in [0.3, 0.4) is 0 Å². The van der Waals surface area contributed by atoms with Gasteiger partial charge < -0.3 is 9.80 Å². The van der Waals surface area contributed by atoms with Crippen molar-refractivity contribution in [2.24, 2.45) is 11.8 Å². The number of carbonyl (C=O) groups excluding carboxylic acids is 2. The fourth-order valence-corrected chi connectivity index (χ4v) is 4.78. The summed E-state index contributed by atoms with van der Waals surface area (Å²) in [5.41, 5.74) is 1.07. The van der Waals surface area contributed by atoms with E-state index in [-0.39, 0.29) is 18.0 Å². The highest BCUT2D eigenvalue weighted by atomic mass is 35.5. The molecule has 1 aromatic heterocycles. The number of benzene rings is 1. The summed E-state index contributed by atoms with van der Waals surface area (Å²) >= 11 is 11.8. The van der Waals surface area contributed by atoms with E-state index in [1.165, 1.54) is 17.1 Å². The van der Waals surface area contributed by atoms with Gasteiger partial charge in [-0.2, -0.15) is 9.78 Å². The molecule has 2 unspecified atom stereocenters. The van der Waals surface area contributed by atoms with Crippen molar-refractivity contribution in [1.82, 2.24) is 19.6 Å².